The van der Waals surface area contributed by atoms with Gasteiger partial charge in [-0.3, -0.25) is 25.2 Å². The Morgan fingerprint density at radius 1 is 1.25 bits per heavy atom. The second-order valence-corrected chi connectivity index (χ2v) is 3.77. The van der Waals surface area contributed by atoms with Crippen molar-refractivity contribution in [2.24, 2.45) is 4.99 Å². The van der Waals surface area contributed by atoms with Crippen LogP contribution >= 0.6 is 15.9 Å². The van der Waals surface area contributed by atoms with E-state index in [4.69, 9.17) is 0 Å². The Hall–Kier alpha value is -1.85. The van der Waals surface area contributed by atoms with Crippen molar-refractivity contribution in [1.29, 1.82) is 0 Å². The zero-order valence-electron chi connectivity index (χ0n) is 7.48. The number of nitro groups is 3. The highest BCUT2D eigenvalue weighted by Gasteiger charge is 2.65. The fraction of sp³-hybridized carbons (Fsp3) is 0.750. The average Bonchev–Trinajstić information content (AvgIpc) is 2.64. The number of hydrogen-bond donors (Lipinski definition) is 0. The second kappa shape index (κ2) is 3.96. The van der Waals surface area contributed by atoms with E-state index in [0.29, 0.717) is 0 Å². The van der Waals surface area contributed by atoms with Crippen molar-refractivity contribution in [2.45, 2.75) is 4.57 Å². The molecule has 0 radical (unpaired) electrons. The molecule has 0 N–H and O–H groups in total. The van der Waals surface area contributed by atoms with Gasteiger partial charge in [0, 0.05) is 0 Å². The highest BCUT2D eigenvalue weighted by atomic mass is 79.9. The zero-order valence-corrected chi connectivity index (χ0v) is 9.06. The van der Waals surface area contributed by atoms with Crippen molar-refractivity contribution < 1.29 is 14.9 Å². The van der Waals surface area contributed by atoms with Crippen LogP contribution in [0, 0.1) is 30.3 Å². The van der Waals surface area contributed by atoms with Crippen LogP contribution in [0.5, 0.6) is 0 Å². The van der Waals surface area contributed by atoms with Crippen LogP contribution in [0.2, 0.25) is 0 Å². The smallest absolute Gasteiger partial charge is 0.257 e. The van der Waals surface area contributed by atoms with Crippen LogP contribution in [0.1, 0.15) is 0 Å². The quantitative estimate of drug-likeness (QED) is 0.223. The average molecular weight is 298 g/mol. The lowest BCUT2D eigenvalue weighted by atomic mass is 10.4. The van der Waals surface area contributed by atoms with E-state index in [-0.39, 0.29) is 18.1 Å². The molecule has 0 aromatic carbocycles. The number of hydrazine groups is 1. The number of alkyl halides is 1. The molecule has 1 aliphatic rings. The van der Waals surface area contributed by atoms with E-state index in [2.05, 4.69) is 20.9 Å². The summed E-state index contributed by atoms with van der Waals surface area (Å²) in [6.07, 6.45) is 0. The van der Waals surface area contributed by atoms with Gasteiger partial charge in [-0.05, 0) is 0 Å². The van der Waals surface area contributed by atoms with E-state index in [1.807, 2.05) is 0 Å². The summed E-state index contributed by atoms with van der Waals surface area (Å²) >= 11 is 2.27. The topological polar surface area (TPSA) is 145 Å². The fourth-order valence-corrected chi connectivity index (χ4v) is 1.42. The highest BCUT2D eigenvalue weighted by Crippen LogP contribution is 2.26. The van der Waals surface area contributed by atoms with Gasteiger partial charge in [-0.2, -0.15) is 0 Å². The first-order chi connectivity index (χ1) is 7.31. The van der Waals surface area contributed by atoms with Gasteiger partial charge in [0.25, 0.3) is 0 Å². The summed E-state index contributed by atoms with van der Waals surface area (Å²) in [5.41, 5.74) is 0. The van der Waals surface area contributed by atoms with Gasteiger partial charge >= 0.3 is 10.4 Å². The Morgan fingerprint density at radius 2 is 1.75 bits per heavy atom. The first-order valence-corrected chi connectivity index (χ1v) is 4.55. The van der Waals surface area contributed by atoms with Crippen molar-refractivity contribution in [3.05, 3.63) is 30.3 Å². The Balaban J connectivity index is 3.19. The number of amidine groups is 1. The summed E-state index contributed by atoms with van der Waals surface area (Å²) in [4.78, 5) is 32.6. The van der Waals surface area contributed by atoms with Gasteiger partial charge < -0.3 is 0 Å². The lowest BCUT2D eigenvalue weighted by molar-refractivity contribution is -0.742. The molecular formula is C4H4BrN5O6. The summed E-state index contributed by atoms with van der Waals surface area (Å²) in [5.74, 6) is -0.840. The largest absolute Gasteiger partial charge is 0.573 e. The first-order valence-electron chi connectivity index (χ1n) is 3.76. The van der Waals surface area contributed by atoms with Crippen molar-refractivity contribution in [2.75, 3.05) is 13.1 Å². The SMILES string of the molecule is O=[N+]([O-])N1CCN=C1C(Br)([N+](=O)[O-])[N+](=O)[O-]. The molecule has 0 unspecified atom stereocenters. The maximum atomic E-state index is 10.6. The molecule has 0 saturated carbocycles. The molecule has 0 aromatic heterocycles. The van der Waals surface area contributed by atoms with Crippen molar-refractivity contribution >= 4 is 21.8 Å². The Kier molecular flexibility index (Phi) is 3.02. The third kappa shape index (κ3) is 1.66. The van der Waals surface area contributed by atoms with E-state index in [0.717, 1.165) is 0 Å². The second-order valence-electron chi connectivity index (χ2n) is 2.67. The van der Waals surface area contributed by atoms with E-state index < -0.39 is 25.3 Å². The Bertz CT molecular complexity index is 380. The van der Waals surface area contributed by atoms with Gasteiger partial charge in [-0.15, -0.1) is 0 Å². The van der Waals surface area contributed by atoms with E-state index in [9.17, 15) is 30.3 Å². The summed E-state index contributed by atoms with van der Waals surface area (Å²) < 4.78 is -2.98. The van der Waals surface area contributed by atoms with Crippen LogP contribution in [-0.4, -0.2) is 43.4 Å². The summed E-state index contributed by atoms with van der Waals surface area (Å²) in [6, 6.07) is 0. The Labute approximate surface area is 95.3 Å². The molecule has 0 atom stereocenters. The van der Waals surface area contributed by atoms with Gasteiger partial charge in [0.05, 0.1) is 6.54 Å². The molecule has 12 heteroatoms. The van der Waals surface area contributed by atoms with Gasteiger partial charge in [0.1, 0.15) is 32.3 Å². The van der Waals surface area contributed by atoms with Crippen LogP contribution in [0.3, 0.4) is 0 Å². The third-order valence-electron chi connectivity index (χ3n) is 1.78. The minimum Gasteiger partial charge on any atom is -0.257 e. The summed E-state index contributed by atoms with van der Waals surface area (Å²) in [5, 5.41) is 31.0. The van der Waals surface area contributed by atoms with Crippen molar-refractivity contribution in [1.82, 2.24) is 5.01 Å². The van der Waals surface area contributed by atoms with Gasteiger partial charge in [-0.25, -0.2) is 10.1 Å². The minimum absolute atomic E-state index is 0.106. The zero-order chi connectivity index (χ0) is 12.5. The first kappa shape index (κ1) is 12.2. The van der Waals surface area contributed by atoms with E-state index >= 15 is 0 Å². The Morgan fingerprint density at radius 3 is 2.12 bits per heavy atom. The molecule has 0 spiro atoms. The molecule has 88 valence electrons. The molecule has 1 rings (SSSR count). The summed E-state index contributed by atoms with van der Waals surface area (Å²) in [7, 11) is 0. The van der Waals surface area contributed by atoms with E-state index in [1.165, 1.54) is 0 Å². The number of aliphatic imine (C=N–C) groups is 1. The van der Waals surface area contributed by atoms with E-state index in [1.54, 1.807) is 0 Å². The molecule has 0 bridgehead atoms. The van der Waals surface area contributed by atoms with Crippen LogP contribution in [-0.2, 0) is 0 Å². The standard InChI is InChI=1S/C4H4BrN5O6/c5-4(8(11)12,9(13)14)3-6-1-2-7(3)10(15)16/h1-2H2. The number of halogens is 1. The van der Waals surface area contributed by atoms with Crippen LogP contribution in [0.25, 0.3) is 0 Å². The summed E-state index contributed by atoms with van der Waals surface area (Å²) in [6.45, 7) is -0.345. The van der Waals surface area contributed by atoms with Gasteiger partial charge in [0.15, 0.2) is 5.03 Å². The maximum Gasteiger partial charge on any atom is 0.573 e. The molecule has 1 heterocycles. The molecule has 0 aromatic rings. The van der Waals surface area contributed by atoms with Gasteiger partial charge in [-0.1, -0.05) is 5.01 Å². The molecule has 1 aliphatic heterocycles. The predicted octanol–water partition coefficient (Wildman–Crippen LogP) is -0.506. The molecule has 0 saturated heterocycles. The molecule has 0 fully saturated rings. The van der Waals surface area contributed by atoms with Crippen LogP contribution in [0.15, 0.2) is 4.99 Å². The fourth-order valence-electron chi connectivity index (χ4n) is 1.09. The van der Waals surface area contributed by atoms with Crippen LogP contribution < -0.4 is 0 Å². The lowest BCUT2D eigenvalue weighted by Gasteiger charge is -2.13. The van der Waals surface area contributed by atoms with Crippen molar-refractivity contribution in [3.8, 4) is 0 Å². The molecule has 11 nitrogen and oxygen atoms in total. The minimum atomic E-state index is -2.98. The lowest BCUT2D eigenvalue weighted by Crippen LogP contribution is -2.54. The number of nitrogens with zero attached hydrogens (tertiary/aromatic N) is 5. The number of rotatable bonds is 4. The van der Waals surface area contributed by atoms with Gasteiger partial charge in [0.2, 0.25) is 0 Å². The third-order valence-corrected chi connectivity index (χ3v) is 2.72. The highest BCUT2D eigenvalue weighted by molar-refractivity contribution is 9.10. The molecule has 0 amide bonds. The molecule has 16 heavy (non-hydrogen) atoms. The van der Waals surface area contributed by atoms with Crippen LogP contribution in [0.4, 0.5) is 0 Å². The monoisotopic (exact) mass is 297 g/mol. The predicted molar refractivity (Wildman–Crippen MR) is 51.6 cm³/mol. The molecule has 0 aliphatic carbocycles. The number of hydrogen-bond acceptors (Lipinski definition) is 7. The normalized spacial score (nSPS) is 15.8. The van der Waals surface area contributed by atoms with Crippen molar-refractivity contribution in [3.63, 3.8) is 0 Å². The molecular weight excluding hydrogens is 294 g/mol. The maximum absolute atomic E-state index is 10.6.